The van der Waals surface area contributed by atoms with Crippen LogP contribution in [0, 0.1) is 62.2 Å². The average molecular weight is 574 g/mol. The van der Waals surface area contributed by atoms with Crippen LogP contribution in [0.4, 0.5) is 0 Å². The maximum atomic E-state index is 8.74. The van der Waals surface area contributed by atoms with Gasteiger partial charge in [0.05, 0.1) is 0 Å². The van der Waals surface area contributed by atoms with Gasteiger partial charge >= 0.3 is 10.4 Å². The van der Waals surface area contributed by atoms with E-state index in [1.165, 1.54) is 0 Å². The van der Waals surface area contributed by atoms with Gasteiger partial charge in [-0.25, -0.2) is 0 Å². The van der Waals surface area contributed by atoms with Gasteiger partial charge in [-0.15, -0.1) is 0 Å². The molecule has 0 heterocycles. The van der Waals surface area contributed by atoms with Crippen LogP contribution in [-0.2, 0) is 10.4 Å². The molecule has 0 aliphatic carbocycles. The van der Waals surface area contributed by atoms with Gasteiger partial charge in [0.2, 0.25) is 0 Å². The number of hydrogen-bond donors (Lipinski definition) is 2. The standard InChI is InChI=1S/H2O4S.2U/c1-5(2,3)4;;/h(H2,1,2,3,4);;. The molecule has 0 bridgehead atoms. The summed E-state index contributed by atoms with van der Waals surface area (Å²) in [5, 5.41) is 0. The third kappa shape index (κ3) is 73.0. The summed E-state index contributed by atoms with van der Waals surface area (Å²) in [6.07, 6.45) is 0. The van der Waals surface area contributed by atoms with E-state index in [4.69, 9.17) is 17.5 Å². The molecule has 0 spiro atoms. The monoisotopic (exact) mass is 574 g/mol. The van der Waals surface area contributed by atoms with E-state index >= 15 is 0 Å². The van der Waals surface area contributed by atoms with Crippen LogP contribution in [0.2, 0.25) is 0 Å². The fourth-order valence-corrected chi connectivity index (χ4v) is 0. The van der Waals surface area contributed by atoms with E-state index in [0.29, 0.717) is 0 Å². The molecule has 0 amide bonds. The Morgan fingerprint density at radius 3 is 1.00 bits per heavy atom. The van der Waals surface area contributed by atoms with Crippen molar-refractivity contribution < 1.29 is 79.7 Å². The minimum absolute atomic E-state index is 0. The summed E-state index contributed by atoms with van der Waals surface area (Å²) in [6, 6.07) is 0. The Morgan fingerprint density at radius 2 is 1.00 bits per heavy atom. The summed E-state index contributed by atoms with van der Waals surface area (Å²) in [6.45, 7) is 0. The van der Waals surface area contributed by atoms with Crippen molar-refractivity contribution in [3.8, 4) is 0 Å². The topological polar surface area (TPSA) is 74.6 Å². The molecule has 2 N–H and O–H groups in total. The summed E-state index contributed by atoms with van der Waals surface area (Å²) in [4.78, 5) is 0. The molecular formula is H2O4SU2. The van der Waals surface area contributed by atoms with Crippen molar-refractivity contribution in [2.45, 2.75) is 0 Å². The first-order chi connectivity index (χ1) is 2.00. The van der Waals surface area contributed by atoms with Gasteiger partial charge in [0, 0.05) is 62.2 Å². The normalized spacial score (nSPS) is 8.29. The molecule has 0 aliphatic rings. The van der Waals surface area contributed by atoms with Gasteiger partial charge in [-0.1, -0.05) is 0 Å². The Kier molecular flexibility index (Phi) is 13.9. The largest absolute Gasteiger partial charge is 0.394 e. The van der Waals surface area contributed by atoms with E-state index in [2.05, 4.69) is 0 Å². The Labute approximate surface area is 88.8 Å². The zero-order valence-electron chi connectivity index (χ0n) is 3.12. The van der Waals surface area contributed by atoms with Crippen molar-refractivity contribution in [3.63, 3.8) is 0 Å². The molecule has 7 heteroatoms. The third-order valence-electron chi connectivity index (χ3n) is 0. The van der Waals surface area contributed by atoms with Crippen LogP contribution in [-0.4, -0.2) is 17.5 Å². The van der Waals surface area contributed by atoms with Crippen LogP contribution in [0.5, 0.6) is 0 Å². The molecule has 0 aromatic rings. The Bertz CT molecular complexity index is 92.9. The van der Waals surface area contributed by atoms with Crippen LogP contribution in [0.1, 0.15) is 0 Å². The minimum Gasteiger partial charge on any atom is -0.264 e. The predicted octanol–water partition coefficient (Wildman–Crippen LogP) is -0.653. The molecule has 4 nitrogen and oxygen atoms in total. The van der Waals surface area contributed by atoms with Crippen LogP contribution in [0.15, 0.2) is 0 Å². The molecule has 0 aromatic heterocycles. The van der Waals surface area contributed by atoms with Crippen molar-refractivity contribution in [2.75, 3.05) is 0 Å². The molecule has 0 saturated carbocycles. The maximum absolute atomic E-state index is 8.74. The van der Waals surface area contributed by atoms with Gasteiger partial charge in [0.25, 0.3) is 0 Å². The molecule has 0 saturated heterocycles. The van der Waals surface area contributed by atoms with Gasteiger partial charge in [0.15, 0.2) is 0 Å². The van der Waals surface area contributed by atoms with E-state index in [-0.39, 0.29) is 62.2 Å². The second-order valence-corrected chi connectivity index (χ2v) is 1.34. The first-order valence-electron chi connectivity index (χ1n) is 0.698. The average Bonchev–Trinajstić information content (AvgIpc) is 0.722. The van der Waals surface area contributed by atoms with Crippen molar-refractivity contribution in [3.05, 3.63) is 0 Å². The molecule has 0 atom stereocenters. The summed E-state index contributed by atoms with van der Waals surface area (Å²) in [5.41, 5.74) is 0. The van der Waals surface area contributed by atoms with Gasteiger partial charge in [-0.3, -0.25) is 9.11 Å². The van der Waals surface area contributed by atoms with E-state index < -0.39 is 10.4 Å². The number of hydrogen-bond acceptors (Lipinski definition) is 2. The van der Waals surface area contributed by atoms with E-state index in [1.54, 1.807) is 0 Å². The summed E-state index contributed by atoms with van der Waals surface area (Å²) in [5.74, 6) is 0. The SMILES string of the molecule is O=S(=O)(O)O.[U].[U]. The van der Waals surface area contributed by atoms with Crippen molar-refractivity contribution in [1.29, 1.82) is 0 Å². The van der Waals surface area contributed by atoms with Crippen LogP contribution >= 0.6 is 0 Å². The van der Waals surface area contributed by atoms with E-state index in [1.807, 2.05) is 0 Å². The zero-order valence-corrected chi connectivity index (χ0v) is 12.3. The van der Waals surface area contributed by atoms with Crippen LogP contribution in [0.25, 0.3) is 0 Å². The summed E-state index contributed by atoms with van der Waals surface area (Å²) in [7, 11) is -4.67. The van der Waals surface area contributed by atoms with Crippen LogP contribution < -0.4 is 0 Å². The van der Waals surface area contributed by atoms with Crippen molar-refractivity contribution in [1.82, 2.24) is 0 Å². The van der Waals surface area contributed by atoms with Gasteiger partial charge < -0.3 is 0 Å². The summed E-state index contributed by atoms with van der Waals surface area (Å²) < 4.78 is 31.6. The fourth-order valence-electron chi connectivity index (χ4n) is 0. The van der Waals surface area contributed by atoms with Gasteiger partial charge in [0.1, 0.15) is 0 Å². The second-order valence-electron chi connectivity index (χ2n) is 0.448. The first kappa shape index (κ1) is 16.0. The molecule has 0 unspecified atom stereocenters. The van der Waals surface area contributed by atoms with E-state index in [0.717, 1.165) is 0 Å². The summed E-state index contributed by atoms with van der Waals surface area (Å²) >= 11 is 0. The molecule has 0 aliphatic heterocycles. The molecule has 7 heavy (non-hydrogen) atoms. The molecule has 40 valence electrons. The molecule has 0 radical (unpaired) electrons. The Balaban J connectivity index is -0.0000000800. The van der Waals surface area contributed by atoms with Gasteiger partial charge in [-0.2, -0.15) is 8.42 Å². The van der Waals surface area contributed by atoms with Gasteiger partial charge in [-0.05, 0) is 0 Å². The van der Waals surface area contributed by atoms with Crippen molar-refractivity contribution in [2.24, 2.45) is 0 Å². The molecule has 0 aromatic carbocycles. The quantitative estimate of drug-likeness (QED) is 0.378. The van der Waals surface area contributed by atoms with Crippen molar-refractivity contribution >= 4 is 10.4 Å². The molecule has 0 rings (SSSR count). The predicted molar refractivity (Wildman–Crippen MR) is 14.2 cm³/mol. The van der Waals surface area contributed by atoms with Crippen LogP contribution in [0.3, 0.4) is 0 Å². The smallest absolute Gasteiger partial charge is 0.264 e. The second kappa shape index (κ2) is 6.10. The third-order valence-corrected chi connectivity index (χ3v) is 0. The van der Waals surface area contributed by atoms with E-state index in [9.17, 15) is 0 Å². The Morgan fingerprint density at radius 1 is 1.00 bits per heavy atom. The fraction of sp³-hybridized carbons (Fsp3) is 0. The first-order valence-corrected chi connectivity index (χ1v) is 2.10. The number of rotatable bonds is 0. The minimum atomic E-state index is -4.67. The molecule has 0 fully saturated rings. The zero-order chi connectivity index (χ0) is 4.50. The maximum Gasteiger partial charge on any atom is 0.394 e. The molecular weight excluding hydrogens is 572 g/mol. The Hall–Kier alpha value is 1.97.